The maximum Gasteiger partial charge on any atom is 0.338 e. The predicted octanol–water partition coefficient (Wildman–Crippen LogP) is 3.77. The number of hydrogen-bond acceptors (Lipinski definition) is 4. The van der Waals surface area contributed by atoms with Crippen molar-refractivity contribution in [3.8, 4) is 0 Å². The van der Waals surface area contributed by atoms with E-state index in [0.29, 0.717) is 17.7 Å². The molecule has 0 aliphatic heterocycles. The summed E-state index contributed by atoms with van der Waals surface area (Å²) in [5.41, 5.74) is 2.17. The molecule has 1 atom stereocenters. The van der Waals surface area contributed by atoms with Gasteiger partial charge in [-0.15, -0.1) is 0 Å². The number of anilines is 1. The zero-order valence-corrected chi connectivity index (χ0v) is 14.5. The highest BCUT2D eigenvalue weighted by Crippen LogP contribution is 2.19. The molecular formula is C20H21NO4. The highest BCUT2D eigenvalue weighted by atomic mass is 16.5. The van der Waals surface area contributed by atoms with Crippen LogP contribution in [-0.4, -0.2) is 23.8 Å². The lowest BCUT2D eigenvalue weighted by Crippen LogP contribution is -2.27. The summed E-state index contributed by atoms with van der Waals surface area (Å²) in [6.45, 7) is 5.01. The Bertz CT molecular complexity index is 784. The van der Waals surface area contributed by atoms with Gasteiger partial charge in [0.15, 0.2) is 6.10 Å². The molecule has 5 nitrogen and oxygen atoms in total. The number of hydrogen-bond donors (Lipinski definition) is 1. The lowest BCUT2D eigenvalue weighted by molar-refractivity contribution is -0.114. The van der Waals surface area contributed by atoms with E-state index < -0.39 is 12.1 Å². The van der Waals surface area contributed by atoms with Crippen molar-refractivity contribution in [2.45, 2.75) is 33.3 Å². The van der Waals surface area contributed by atoms with E-state index in [4.69, 9.17) is 4.74 Å². The summed E-state index contributed by atoms with van der Waals surface area (Å²) in [5.74, 6) is -1.05. The molecular weight excluding hydrogens is 318 g/mol. The molecule has 0 unspecified atom stereocenters. The van der Waals surface area contributed by atoms with Crippen molar-refractivity contribution in [3.05, 3.63) is 65.2 Å². The number of esters is 1. The monoisotopic (exact) mass is 339 g/mol. The summed E-state index contributed by atoms with van der Waals surface area (Å²) in [6.07, 6.45) is -0.468. The Morgan fingerprint density at radius 1 is 1.04 bits per heavy atom. The molecule has 0 heterocycles. The number of ketones is 1. The first-order valence-corrected chi connectivity index (χ1v) is 8.10. The average molecular weight is 339 g/mol. The topological polar surface area (TPSA) is 72.5 Å². The van der Waals surface area contributed by atoms with Crippen LogP contribution in [0.15, 0.2) is 48.5 Å². The molecule has 1 N–H and O–H groups in total. The third kappa shape index (κ3) is 4.76. The van der Waals surface area contributed by atoms with Gasteiger partial charge in [0.05, 0.1) is 5.56 Å². The number of Topliss-reactive ketones (excluding diaryl/α,β-unsaturated/α-hetero) is 1. The molecule has 0 aliphatic carbocycles. The van der Waals surface area contributed by atoms with Crippen molar-refractivity contribution >= 4 is 23.3 Å². The molecule has 2 aromatic carbocycles. The van der Waals surface area contributed by atoms with E-state index in [9.17, 15) is 14.4 Å². The normalized spacial score (nSPS) is 11.5. The molecule has 2 aromatic rings. The first-order chi connectivity index (χ1) is 11.9. The number of amides is 1. The van der Waals surface area contributed by atoms with Gasteiger partial charge in [0.2, 0.25) is 11.7 Å². The van der Waals surface area contributed by atoms with E-state index in [1.54, 1.807) is 49.4 Å². The zero-order valence-electron chi connectivity index (χ0n) is 14.5. The summed E-state index contributed by atoms with van der Waals surface area (Å²) >= 11 is 0. The van der Waals surface area contributed by atoms with Gasteiger partial charge in [0.25, 0.3) is 0 Å². The molecule has 0 aliphatic rings. The second-order valence-corrected chi connectivity index (χ2v) is 5.74. The standard InChI is InChI=1S/C20H21NO4/c1-4-18(19(23)15-8-6-5-7-9-15)25-20(24)16-11-10-13(2)17(12-16)21-14(3)22/h5-12,18H,4H2,1-3H3,(H,21,22)/t18-/m1/s1. The van der Waals surface area contributed by atoms with Crippen LogP contribution in [0.4, 0.5) is 5.69 Å². The molecule has 0 fully saturated rings. The number of nitrogens with one attached hydrogen (secondary N) is 1. The third-order valence-corrected chi connectivity index (χ3v) is 3.75. The predicted molar refractivity (Wildman–Crippen MR) is 95.7 cm³/mol. The summed E-state index contributed by atoms with van der Waals surface area (Å²) in [5, 5.41) is 2.67. The van der Waals surface area contributed by atoms with Gasteiger partial charge in [-0.25, -0.2) is 4.79 Å². The number of rotatable bonds is 6. The largest absolute Gasteiger partial charge is 0.450 e. The number of carbonyl (C=O) groups is 3. The van der Waals surface area contributed by atoms with Crippen molar-refractivity contribution in [1.82, 2.24) is 0 Å². The fraction of sp³-hybridized carbons (Fsp3) is 0.250. The second kappa shape index (κ2) is 8.24. The molecule has 0 bridgehead atoms. The van der Waals surface area contributed by atoms with E-state index >= 15 is 0 Å². The average Bonchev–Trinajstić information content (AvgIpc) is 2.61. The summed E-state index contributed by atoms with van der Waals surface area (Å²) in [6, 6.07) is 13.6. The van der Waals surface area contributed by atoms with Gasteiger partial charge in [0, 0.05) is 18.2 Å². The van der Waals surface area contributed by atoms with Gasteiger partial charge in [-0.3, -0.25) is 9.59 Å². The van der Waals surface area contributed by atoms with Crippen LogP contribution in [-0.2, 0) is 9.53 Å². The molecule has 25 heavy (non-hydrogen) atoms. The van der Waals surface area contributed by atoms with E-state index in [1.807, 2.05) is 13.0 Å². The minimum Gasteiger partial charge on any atom is -0.450 e. The van der Waals surface area contributed by atoms with Gasteiger partial charge < -0.3 is 10.1 Å². The summed E-state index contributed by atoms with van der Waals surface area (Å²) in [4.78, 5) is 36.1. The van der Waals surface area contributed by atoms with Crippen molar-refractivity contribution in [1.29, 1.82) is 0 Å². The second-order valence-electron chi connectivity index (χ2n) is 5.74. The van der Waals surface area contributed by atoms with Gasteiger partial charge >= 0.3 is 5.97 Å². The van der Waals surface area contributed by atoms with Crippen LogP contribution in [0.2, 0.25) is 0 Å². The Morgan fingerprint density at radius 2 is 1.72 bits per heavy atom. The minimum absolute atomic E-state index is 0.223. The number of aryl methyl sites for hydroxylation is 1. The number of carbonyl (C=O) groups excluding carboxylic acids is 3. The Balaban J connectivity index is 2.17. The fourth-order valence-corrected chi connectivity index (χ4v) is 2.38. The van der Waals surface area contributed by atoms with E-state index in [1.165, 1.54) is 6.92 Å². The zero-order chi connectivity index (χ0) is 18.4. The summed E-state index contributed by atoms with van der Waals surface area (Å²) in [7, 11) is 0. The van der Waals surface area contributed by atoms with Crippen LogP contribution >= 0.6 is 0 Å². The maximum absolute atomic E-state index is 12.5. The van der Waals surface area contributed by atoms with Crippen molar-refractivity contribution < 1.29 is 19.1 Å². The summed E-state index contributed by atoms with van der Waals surface area (Å²) < 4.78 is 5.40. The molecule has 0 saturated heterocycles. The smallest absolute Gasteiger partial charge is 0.338 e. The quantitative estimate of drug-likeness (QED) is 0.642. The van der Waals surface area contributed by atoms with Crippen molar-refractivity contribution in [2.24, 2.45) is 0 Å². The van der Waals surface area contributed by atoms with Crippen LogP contribution in [0.25, 0.3) is 0 Å². The van der Waals surface area contributed by atoms with Gasteiger partial charge in [0.1, 0.15) is 0 Å². The maximum atomic E-state index is 12.5. The first-order valence-electron chi connectivity index (χ1n) is 8.10. The van der Waals surface area contributed by atoms with Gasteiger partial charge in [-0.1, -0.05) is 43.3 Å². The lowest BCUT2D eigenvalue weighted by atomic mass is 10.0. The Kier molecular flexibility index (Phi) is 6.06. The molecule has 0 saturated carbocycles. The van der Waals surface area contributed by atoms with Crippen LogP contribution in [0.5, 0.6) is 0 Å². The molecule has 0 aromatic heterocycles. The number of ether oxygens (including phenoxy) is 1. The SMILES string of the molecule is CC[C@@H](OC(=O)c1ccc(C)c(NC(C)=O)c1)C(=O)c1ccccc1. The van der Waals surface area contributed by atoms with Crippen molar-refractivity contribution in [2.75, 3.05) is 5.32 Å². The highest BCUT2D eigenvalue weighted by molar-refractivity contribution is 6.02. The highest BCUT2D eigenvalue weighted by Gasteiger charge is 2.23. The van der Waals surface area contributed by atoms with E-state index in [2.05, 4.69) is 5.32 Å². The van der Waals surface area contributed by atoms with Gasteiger partial charge in [-0.05, 0) is 31.0 Å². The first kappa shape index (κ1) is 18.4. The molecule has 130 valence electrons. The van der Waals surface area contributed by atoms with E-state index in [-0.39, 0.29) is 17.3 Å². The molecule has 0 spiro atoms. The van der Waals surface area contributed by atoms with Crippen LogP contribution in [0.3, 0.4) is 0 Å². The molecule has 5 heteroatoms. The Morgan fingerprint density at radius 3 is 2.32 bits per heavy atom. The van der Waals surface area contributed by atoms with Crippen LogP contribution in [0, 0.1) is 6.92 Å². The third-order valence-electron chi connectivity index (χ3n) is 3.75. The molecule has 2 rings (SSSR count). The van der Waals surface area contributed by atoms with Gasteiger partial charge in [-0.2, -0.15) is 0 Å². The van der Waals surface area contributed by atoms with Crippen molar-refractivity contribution in [3.63, 3.8) is 0 Å². The Hall–Kier alpha value is -2.95. The molecule has 1 amide bonds. The van der Waals surface area contributed by atoms with E-state index in [0.717, 1.165) is 5.56 Å². The minimum atomic E-state index is -0.847. The number of benzene rings is 2. The Labute approximate surface area is 147 Å². The van der Waals surface area contributed by atoms with Crippen LogP contribution < -0.4 is 5.32 Å². The van der Waals surface area contributed by atoms with Crippen LogP contribution in [0.1, 0.15) is 46.5 Å². The fourth-order valence-electron chi connectivity index (χ4n) is 2.38. The lowest BCUT2D eigenvalue weighted by Gasteiger charge is -2.16. The molecule has 0 radical (unpaired) electrons.